The van der Waals surface area contributed by atoms with Gasteiger partial charge < -0.3 is 10.2 Å². The van der Waals surface area contributed by atoms with E-state index in [1.54, 1.807) is 17.0 Å². The number of nitrogens with one attached hydrogen (secondary N) is 2. The average molecular weight is 345 g/mol. The molecule has 0 unspecified atom stereocenters. The normalized spacial score (nSPS) is 10.8. The number of quaternary nitrogens is 1. The zero-order chi connectivity index (χ0) is 17.5. The van der Waals surface area contributed by atoms with Crippen LogP contribution in [0.25, 0.3) is 0 Å². The lowest BCUT2D eigenvalue weighted by molar-refractivity contribution is -0.910. The van der Waals surface area contributed by atoms with Crippen LogP contribution in [0.15, 0.2) is 36.4 Å². The van der Waals surface area contributed by atoms with Crippen LogP contribution in [0.1, 0.15) is 51.2 Å². The molecule has 1 aromatic heterocycles. The van der Waals surface area contributed by atoms with Crippen LogP contribution in [0.4, 0.5) is 0 Å². The van der Waals surface area contributed by atoms with Gasteiger partial charge in [0.05, 0.1) is 22.8 Å². The summed E-state index contributed by atoms with van der Waals surface area (Å²) in [6.07, 6.45) is 0. The average Bonchev–Trinajstić information content (AvgIpc) is 3.09. The fourth-order valence-corrected chi connectivity index (χ4v) is 3.30. The van der Waals surface area contributed by atoms with Crippen LogP contribution in [-0.2, 0) is 13.1 Å². The number of ketones is 1. The van der Waals surface area contributed by atoms with E-state index in [4.69, 9.17) is 0 Å². The zero-order valence-electron chi connectivity index (χ0n) is 14.5. The van der Waals surface area contributed by atoms with E-state index in [0.29, 0.717) is 16.3 Å². The smallest absolute Gasteiger partial charge is 0.261 e. The van der Waals surface area contributed by atoms with Crippen LogP contribution in [0, 0.1) is 0 Å². The zero-order valence-corrected chi connectivity index (χ0v) is 15.3. The molecule has 0 spiro atoms. The van der Waals surface area contributed by atoms with Crippen LogP contribution in [0.3, 0.4) is 0 Å². The second kappa shape index (κ2) is 8.76. The van der Waals surface area contributed by atoms with Gasteiger partial charge in [-0.2, -0.15) is 0 Å². The molecule has 5 heteroatoms. The Bertz CT molecular complexity index is 688. The maximum absolute atomic E-state index is 12.1. The fraction of sp³-hybridized carbons (Fsp3) is 0.368. The minimum atomic E-state index is -0.135. The van der Waals surface area contributed by atoms with Gasteiger partial charge in [0.25, 0.3) is 5.91 Å². The second-order valence-electron chi connectivity index (χ2n) is 5.85. The highest BCUT2D eigenvalue weighted by molar-refractivity contribution is 7.15. The van der Waals surface area contributed by atoms with Crippen LogP contribution in [0.5, 0.6) is 0 Å². The molecular weight excluding hydrogens is 320 g/mol. The van der Waals surface area contributed by atoms with Gasteiger partial charge in [-0.05, 0) is 38.5 Å². The van der Waals surface area contributed by atoms with Gasteiger partial charge in [-0.1, -0.05) is 24.3 Å². The molecule has 0 radical (unpaired) electrons. The lowest BCUT2D eigenvalue weighted by Gasteiger charge is -2.15. The highest BCUT2D eigenvalue weighted by Crippen LogP contribution is 2.17. The number of Topliss-reactive ketones (excluding diaryl/α,β-unsaturated/α-hetero) is 1. The molecule has 0 aliphatic carbocycles. The fourth-order valence-electron chi connectivity index (χ4n) is 2.48. The van der Waals surface area contributed by atoms with Crippen LogP contribution in [0.2, 0.25) is 0 Å². The standard InChI is InChI=1S/C19H24N2O2S/c1-4-21(5-2)13-16-8-6-15(7-9-16)12-20-19(23)18-11-10-17(24-18)14(3)22/h6-11H,4-5,12-13H2,1-3H3,(H,20,23)/p+1. The molecule has 0 aliphatic heterocycles. The highest BCUT2D eigenvalue weighted by Gasteiger charge is 2.11. The predicted octanol–water partition coefficient (Wildman–Crippen LogP) is 2.31. The number of rotatable bonds is 8. The molecule has 24 heavy (non-hydrogen) atoms. The maximum atomic E-state index is 12.1. The van der Waals surface area contributed by atoms with Crippen molar-refractivity contribution in [1.82, 2.24) is 5.32 Å². The third-order valence-corrected chi connectivity index (χ3v) is 5.29. The minimum Gasteiger partial charge on any atom is -0.347 e. The van der Waals surface area contributed by atoms with Gasteiger partial charge in [0, 0.05) is 12.1 Å². The maximum Gasteiger partial charge on any atom is 0.261 e. The Morgan fingerprint density at radius 3 is 2.08 bits per heavy atom. The number of thiophene rings is 1. The van der Waals surface area contributed by atoms with Crippen molar-refractivity contribution >= 4 is 23.0 Å². The molecule has 0 atom stereocenters. The monoisotopic (exact) mass is 345 g/mol. The molecule has 0 aliphatic rings. The van der Waals surface area contributed by atoms with Crippen molar-refractivity contribution in [3.05, 3.63) is 57.3 Å². The first-order valence-corrected chi connectivity index (χ1v) is 9.15. The Balaban J connectivity index is 1.89. The molecule has 1 amide bonds. The van der Waals surface area contributed by atoms with Gasteiger partial charge >= 0.3 is 0 Å². The molecule has 1 aromatic carbocycles. The summed E-state index contributed by atoms with van der Waals surface area (Å²) in [6.45, 7) is 9.67. The van der Waals surface area contributed by atoms with Gasteiger partial charge in [0.15, 0.2) is 5.78 Å². The van der Waals surface area contributed by atoms with Crippen molar-refractivity contribution in [2.75, 3.05) is 13.1 Å². The molecule has 0 saturated heterocycles. The predicted molar refractivity (Wildman–Crippen MR) is 97.7 cm³/mol. The molecule has 1 heterocycles. The molecule has 4 nitrogen and oxygen atoms in total. The quantitative estimate of drug-likeness (QED) is 0.722. The number of benzene rings is 1. The number of hydrogen-bond donors (Lipinski definition) is 2. The summed E-state index contributed by atoms with van der Waals surface area (Å²) in [5, 5.41) is 2.91. The Morgan fingerprint density at radius 1 is 0.958 bits per heavy atom. The summed E-state index contributed by atoms with van der Waals surface area (Å²) in [5.41, 5.74) is 2.39. The molecule has 2 N–H and O–H groups in total. The van der Waals surface area contributed by atoms with E-state index >= 15 is 0 Å². The number of amides is 1. The Kier molecular flexibility index (Phi) is 6.70. The van der Waals surface area contributed by atoms with Gasteiger partial charge in [-0.3, -0.25) is 9.59 Å². The Morgan fingerprint density at radius 2 is 1.54 bits per heavy atom. The van der Waals surface area contributed by atoms with Crippen molar-refractivity contribution < 1.29 is 14.5 Å². The van der Waals surface area contributed by atoms with Gasteiger partial charge in [-0.15, -0.1) is 11.3 Å². The van der Waals surface area contributed by atoms with E-state index in [9.17, 15) is 9.59 Å². The largest absolute Gasteiger partial charge is 0.347 e. The van der Waals surface area contributed by atoms with E-state index in [2.05, 4.69) is 43.4 Å². The Labute approximate surface area is 147 Å². The lowest BCUT2D eigenvalue weighted by atomic mass is 10.1. The number of hydrogen-bond acceptors (Lipinski definition) is 3. The number of carbonyl (C=O) groups is 2. The molecule has 2 rings (SSSR count). The second-order valence-corrected chi connectivity index (χ2v) is 6.94. The summed E-state index contributed by atoms with van der Waals surface area (Å²) in [7, 11) is 0. The third kappa shape index (κ3) is 5.01. The van der Waals surface area contributed by atoms with Gasteiger partial charge in [0.2, 0.25) is 0 Å². The van der Waals surface area contributed by atoms with Crippen LogP contribution in [-0.4, -0.2) is 24.8 Å². The molecule has 128 valence electrons. The third-order valence-electron chi connectivity index (χ3n) is 4.11. The van der Waals surface area contributed by atoms with E-state index < -0.39 is 0 Å². The van der Waals surface area contributed by atoms with E-state index in [-0.39, 0.29) is 11.7 Å². The van der Waals surface area contributed by atoms with E-state index in [1.807, 2.05) is 0 Å². The first-order valence-electron chi connectivity index (χ1n) is 8.33. The van der Waals surface area contributed by atoms with E-state index in [0.717, 1.165) is 25.2 Å². The molecule has 0 saturated carbocycles. The molecule has 2 aromatic rings. The first-order chi connectivity index (χ1) is 11.5. The molecule has 0 bridgehead atoms. The van der Waals surface area contributed by atoms with E-state index in [1.165, 1.54) is 23.8 Å². The molecule has 0 fully saturated rings. The highest BCUT2D eigenvalue weighted by atomic mass is 32.1. The van der Waals surface area contributed by atoms with Crippen molar-refractivity contribution in [1.29, 1.82) is 0 Å². The summed E-state index contributed by atoms with van der Waals surface area (Å²) >= 11 is 1.23. The lowest BCUT2D eigenvalue weighted by Crippen LogP contribution is -3.10. The van der Waals surface area contributed by atoms with Crippen molar-refractivity contribution in [2.45, 2.75) is 33.9 Å². The first kappa shape index (κ1) is 18.4. The Hall–Kier alpha value is -1.98. The summed E-state index contributed by atoms with van der Waals surface area (Å²) in [5.74, 6) is -0.144. The summed E-state index contributed by atoms with van der Waals surface area (Å²) < 4.78 is 0. The van der Waals surface area contributed by atoms with Gasteiger partial charge in [0.1, 0.15) is 6.54 Å². The van der Waals surface area contributed by atoms with Crippen molar-refractivity contribution in [3.8, 4) is 0 Å². The summed E-state index contributed by atoms with van der Waals surface area (Å²) in [4.78, 5) is 26.2. The molecular formula is C19H25N2O2S+. The topological polar surface area (TPSA) is 50.6 Å². The van der Waals surface area contributed by atoms with Crippen molar-refractivity contribution in [3.63, 3.8) is 0 Å². The summed E-state index contributed by atoms with van der Waals surface area (Å²) in [6, 6.07) is 11.8. The van der Waals surface area contributed by atoms with Crippen LogP contribution < -0.4 is 10.2 Å². The number of carbonyl (C=O) groups excluding carboxylic acids is 2. The van der Waals surface area contributed by atoms with Gasteiger partial charge in [-0.25, -0.2) is 0 Å². The van der Waals surface area contributed by atoms with Crippen molar-refractivity contribution in [2.24, 2.45) is 0 Å². The minimum absolute atomic E-state index is 0.00929. The van der Waals surface area contributed by atoms with Crippen LogP contribution >= 0.6 is 11.3 Å². The SMILES string of the molecule is CC[NH+](CC)Cc1ccc(CNC(=O)c2ccc(C(C)=O)s2)cc1.